The first-order chi connectivity index (χ1) is 13.4. The molecule has 28 heavy (non-hydrogen) atoms. The zero-order valence-corrected chi connectivity index (χ0v) is 16.8. The second kappa shape index (κ2) is 7.19. The van der Waals surface area contributed by atoms with Crippen LogP contribution >= 0.6 is 0 Å². The van der Waals surface area contributed by atoms with Gasteiger partial charge < -0.3 is 4.90 Å². The van der Waals surface area contributed by atoms with E-state index < -0.39 is 0 Å². The first-order valence-corrected chi connectivity index (χ1v) is 9.71. The van der Waals surface area contributed by atoms with Crippen LogP contribution in [0.2, 0.25) is 0 Å². The first-order valence-electron chi connectivity index (χ1n) is 9.71. The molecule has 0 N–H and O–H groups in total. The fourth-order valence-electron chi connectivity index (χ4n) is 3.72. The Morgan fingerprint density at radius 2 is 1.79 bits per heavy atom. The molecule has 1 aromatic carbocycles. The highest BCUT2D eigenvalue weighted by molar-refractivity contribution is 5.95. The second-order valence-electron chi connectivity index (χ2n) is 7.46. The van der Waals surface area contributed by atoms with Crippen molar-refractivity contribution in [2.45, 2.75) is 40.2 Å². The third-order valence-corrected chi connectivity index (χ3v) is 5.22. The SMILES string of the molecule is CCc1cc(-c2ccc(C(=O)N3CC(n4nc(C)cc4C)C3)cc2)nc(C)n1. The van der Waals surface area contributed by atoms with E-state index >= 15 is 0 Å². The lowest BCUT2D eigenvalue weighted by Gasteiger charge is -2.39. The van der Waals surface area contributed by atoms with Crippen LogP contribution in [-0.4, -0.2) is 43.6 Å². The molecule has 0 atom stereocenters. The highest BCUT2D eigenvalue weighted by atomic mass is 16.2. The third kappa shape index (κ3) is 3.42. The van der Waals surface area contributed by atoms with Gasteiger partial charge in [-0.3, -0.25) is 9.48 Å². The molecule has 0 spiro atoms. The number of aromatic nitrogens is 4. The van der Waals surface area contributed by atoms with E-state index in [0.717, 1.165) is 40.6 Å². The molecule has 0 radical (unpaired) electrons. The number of carbonyl (C=O) groups is 1. The Bertz CT molecular complexity index is 1020. The fourth-order valence-corrected chi connectivity index (χ4v) is 3.72. The van der Waals surface area contributed by atoms with Crippen molar-refractivity contribution in [1.29, 1.82) is 0 Å². The number of hydrogen-bond acceptors (Lipinski definition) is 4. The largest absolute Gasteiger partial charge is 0.334 e. The van der Waals surface area contributed by atoms with Crippen LogP contribution in [0.3, 0.4) is 0 Å². The highest BCUT2D eigenvalue weighted by Crippen LogP contribution is 2.25. The van der Waals surface area contributed by atoms with Crippen LogP contribution in [0.5, 0.6) is 0 Å². The lowest BCUT2D eigenvalue weighted by molar-refractivity contribution is 0.0497. The number of amides is 1. The molecule has 1 fully saturated rings. The van der Waals surface area contributed by atoms with Crippen molar-refractivity contribution in [3.8, 4) is 11.3 Å². The maximum Gasteiger partial charge on any atom is 0.253 e. The van der Waals surface area contributed by atoms with Gasteiger partial charge in [0.25, 0.3) is 5.91 Å². The zero-order valence-electron chi connectivity index (χ0n) is 16.8. The Morgan fingerprint density at radius 1 is 1.07 bits per heavy atom. The predicted molar refractivity (Wildman–Crippen MR) is 108 cm³/mol. The number of rotatable bonds is 4. The summed E-state index contributed by atoms with van der Waals surface area (Å²) in [7, 11) is 0. The van der Waals surface area contributed by atoms with Crippen molar-refractivity contribution in [3.05, 3.63) is 64.9 Å². The number of nitrogens with zero attached hydrogens (tertiary/aromatic N) is 5. The molecular formula is C22H25N5O. The van der Waals surface area contributed by atoms with Gasteiger partial charge in [0, 0.05) is 35.6 Å². The number of carbonyl (C=O) groups excluding carboxylic acids is 1. The van der Waals surface area contributed by atoms with Crippen LogP contribution in [-0.2, 0) is 6.42 Å². The smallest absolute Gasteiger partial charge is 0.253 e. The van der Waals surface area contributed by atoms with Gasteiger partial charge in [-0.2, -0.15) is 5.10 Å². The van der Waals surface area contributed by atoms with Gasteiger partial charge in [-0.15, -0.1) is 0 Å². The van der Waals surface area contributed by atoms with E-state index in [2.05, 4.69) is 35.0 Å². The average molecular weight is 375 g/mol. The van der Waals surface area contributed by atoms with E-state index in [4.69, 9.17) is 0 Å². The molecule has 0 unspecified atom stereocenters. The van der Waals surface area contributed by atoms with Gasteiger partial charge in [0.05, 0.1) is 17.4 Å². The normalized spacial score (nSPS) is 14.2. The standard InChI is InChI=1S/C22H25N5O/c1-5-19-11-21(24-16(4)23-19)17-6-8-18(9-7-17)22(28)26-12-20(13-26)27-15(3)10-14(2)25-27/h6-11,20H,5,12-13H2,1-4H3. The molecule has 1 aliphatic heterocycles. The maximum atomic E-state index is 12.8. The van der Waals surface area contributed by atoms with Crippen molar-refractivity contribution in [2.75, 3.05) is 13.1 Å². The Hall–Kier alpha value is -3.02. The van der Waals surface area contributed by atoms with Crippen LogP contribution in [0.4, 0.5) is 0 Å². The lowest BCUT2D eigenvalue weighted by Crippen LogP contribution is -2.51. The monoisotopic (exact) mass is 375 g/mol. The Balaban J connectivity index is 1.45. The van der Waals surface area contributed by atoms with Gasteiger partial charge in [-0.25, -0.2) is 9.97 Å². The molecule has 4 rings (SSSR count). The minimum absolute atomic E-state index is 0.0671. The molecule has 0 bridgehead atoms. The van der Waals surface area contributed by atoms with Gasteiger partial charge >= 0.3 is 0 Å². The van der Waals surface area contributed by atoms with Crippen LogP contribution in [0.1, 0.15) is 46.2 Å². The molecule has 1 saturated heterocycles. The predicted octanol–water partition coefficient (Wildman–Crippen LogP) is 3.52. The van der Waals surface area contributed by atoms with E-state index in [1.165, 1.54) is 0 Å². The van der Waals surface area contributed by atoms with Crippen molar-refractivity contribution >= 4 is 5.91 Å². The maximum absolute atomic E-state index is 12.8. The van der Waals surface area contributed by atoms with Crippen LogP contribution in [0.15, 0.2) is 36.4 Å². The van der Waals surface area contributed by atoms with Crippen LogP contribution < -0.4 is 0 Å². The minimum atomic E-state index is 0.0671. The number of benzene rings is 1. The molecule has 6 heteroatoms. The summed E-state index contributed by atoms with van der Waals surface area (Å²) >= 11 is 0. The Morgan fingerprint density at radius 3 is 2.39 bits per heavy atom. The summed E-state index contributed by atoms with van der Waals surface area (Å²) in [6, 6.07) is 12.1. The fraction of sp³-hybridized carbons (Fsp3) is 0.364. The van der Waals surface area contributed by atoms with Crippen molar-refractivity contribution < 1.29 is 4.79 Å². The number of aryl methyl sites for hydroxylation is 4. The van der Waals surface area contributed by atoms with Gasteiger partial charge in [0.1, 0.15) is 5.82 Å². The van der Waals surface area contributed by atoms with E-state index in [1.54, 1.807) is 0 Å². The second-order valence-corrected chi connectivity index (χ2v) is 7.46. The van der Waals surface area contributed by atoms with Gasteiger partial charge in [0.15, 0.2) is 0 Å². The quantitative estimate of drug-likeness (QED) is 0.700. The van der Waals surface area contributed by atoms with Crippen LogP contribution in [0, 0.1) is 20.8 Å². The van der Waals surface area contributed by atoms with E-state index in [9.17, 15) is 4.79 Å². The Labute approximate surface area is 165 Å². The summed E-state index contributed by atoms with van der Waals surface area (Å²) in [5, 5.41) is 4.53. The van der Waals surface area contributed by atoms with Gasteiger partial charge in [-0.05, 0) is 51.5 Å². The van der Waals surface area contributed by atoms with Gasteiger partial charge in [0.2, 0.25) is 0 Å². The van der Waals surface area contributed by atoms with Crippen molar-refractivity contribution in [2.24, 2.45) is 0 Å². The molecule has 3 aromatic rings. The summed E-state index contributed by atoms with van der Waals surface area (Å²) in [4.78, 5) is 23.6. The minimum Gasteiger partial charge on any atom is -0.334 e. The first kappa shape index (κ1) is 18.3. The topological polar surface area (TPSA) is 63.9 Å². The van der Waals surface area contributed by atoms with E-state index in [0.29, 0.717) is 18.7 Å². The molecule has 3 heterocycles. The summed E-state index contributed by atoms with van der Waals surface area (Å²) in [5.74, 6) is 0.836. The van der Waals surface area contributed by atoms with Crippen molar-refractivity contribution in [3.63, 3.8) is 0 Å². The summed E-state index contributed by atoms with van der Waals surface area (Å²) in [6.07, 6.45) is 0.873. The molecule has 0 aliphatic carbocycles. The molecule has 6 nitrogen and oxygen atoms in total. The molecule has 1 amide bonds. The molecule has 1 aliphatic rings. The Kier molecular flexibility index (Phi) is 4.71. The number of hydrogen-bond donors (Lipinski definition) is 0. The lowest BCUT2D eigenvalue weighted by atomic mass is 10.0. The zero-order chi connectivity index (χ0) is 19.8. The van der Waals surface area contributed by atoms with Crippen molar-refractivity contribution in [1.82, 2.24) is 24.6 Å². The summed E-state index contributed by atoms with van der Waals surface area (Å²) in [6.45, 7) is 9.45. The van der Waals surface area contributed by atoms with Crippen LogP contribution in [0.25, 0.3) is 11.3 Å². The van der Waals surface area contributed by atoms with Gasteiger partial charge in [-0.1, -0.05) is 19.1 Å². The van der Waals surface area contributed by atoms with E-state index in [1.807, 2.05) is 53.8 Å². The molecule has 144 valence electrons. The molecular weight excluding hydrogens is 350 g/mol. The van der Waals surface area contributed by atoms with E-state index in [-0.39, 0.29) is 11.9 Å². The molecule has 2 aromatic heterocycles. The number of likely N-dealkylation sites (tertiary alicyclic amines) is 1. The highest BCUT2D eigenvalue weighted by Gasteiger charge is 2.33. The third-order valence-electron chi connectivity index (χ3n) is 5.22. The summed E-state index contributed by atoms with van der Waals surface area (Å²) in [5.41, 5.74) is 5.79. The summed E-state index contributed by atoms with van der Waals surface area (Å²) < 4.78 is 2.03. The average Bonchev–Trinajstić information content (AvgIpc) is 2.98. The molecule has 0 saturated carbocycles.